The quantitative estimate of drug-likeness (QED) is 0.153. The van der Waals surface area contributed by atoms with Crippen LogP contribution in [0.1, 0.15) is 21.5 Å². The number of carbonyl (C=O) groups is 3. The molecule has 0 aliphatic heterocycles. The zero-order valence-electron chi connectivity index (χ0n) is 18.1. The van der Waals surface area contributed by atoms with E-state index in [1.54, 1.807) is 61.5 Å². The molecule has 0 saturated carbocycles. The number of hydrazone groups is 1. The van der Waals surface area contributed by atoms with Crippen LogP contribution in [0.25, 0.3) is 0 Å². The monoisotopic (exact) mass is 543 g/mol. The summed E-state index contributed by atoms with van der Waals surface area (Å²) in [7, 11) is 1.43. The second-order valence-electron chi connectivity index (χ2n) is 6.85. The highest BCUT2D eigenvalue weighted by Crippen LogP contribution is 2.29. The van der Waals surface area contributed by atoms with Crippen molar-refractivity contribution in [2.75, 3.05) is 12.4 Å². The Kier molecular flexibility index (Phi) is 8.39. The maximum atomic E-state index is 12.4. The van der Waals surface area contributed by atoms with E-state index in [-0.39, 0.29) is 11.5 Å². The number of anilines is 1. The Morgan fingerprint density at radius 3 is 2.50 bits per heavy atom. The van der Waals surface area contributed by atoms with E-state index in [2.05, 4.69) is 31.8 Å². The summed E-state index contributed by atoms with van der Waals surface area (Å²) in [4.78, 5) is 36.6. The van der Waals surface area contributed by atoms with E-state index in [0.29, 0.717) is 31.9 Å². The average Bonchev–Trinajstić information content (AvgIpc) is 2.82. The van der Waals surface area contributed by atoms with Crippen LogP contribution in [0.4, 0.5) is 5.69 Å². The molecule has 0 aliphatic rings. The van der Waals surface area contributed by atoms with E-state index < -0.39 is 17.8 Å². The third-order valence-corrected chi connectivity index (χ3v) is 5.69. The van der Waals surface area contributed by atoms with Crippen LogP contribution in [-0.2, 0) is 9.59 Å². The number of hydrogen-bond acceptors (Lipinski definition) is 6. The van der Waals surface area contributed by atoms with Gasteiger partial charge in [-0.25, -0.2) is 10.2 Å². The lowest BCUT2D eigenvalue weighted by Crippen LogP contribution is -2.32. The third-order valence-electron chi connectivity index (χ3n) is 4.59. The standard InChI is InChI=1S/C24H19BrClN3O5/c1-14-18(26)8-5-9-19(14)28-22(30)23(31)29-27-13-15-10-11-20(21(12-15)33-2)34-24(32)16-6-3-4-7-17(16)25/h3-13H,1-2H3,(H,28,30)(H,29,31). The topological polar surface area (TPSA) is 106 Å². The van der Waals surface area contributed by atoms with Gasteiger partial charge < -0.3 is 14.8 Å². The van der Waals surface area contributed by atoms with E-state index >= 15 is 0 Å². The Balaban J connectivity index is 1.63. The Labute approximate surface area is 209 Å². The fourth-order valence-corrected chi connectivity index (χ4v) is 3.39. The summed E-state index contributed by atoms with van der Waals surface area (Å²) in [6.07, 6.45) is 1.32. The minimum atomic E-state index is -0.957. The van der Waals surface area contributed by atoms with E-state index in [4.69, 9.17) is 21.1 Å². The van der Waals surface area contributed by atoms with Crippen LogP contribution in [0, 0.1) is 6.92 Å². The molecule has 0 bridgehead atoms. The molecule has 0 spiro atoms. The number of ether oxygens (including phenoxy) is 2. The van der Waals surface area contributed by atoms with Gasteiger partial charge in [-0.2, -0.15) is 5.10 Å². The minimum Gasteiger partial charge on any atom is -0.493 e. The molecule has 2 N–H and O–H groups in total. The first-order valence-corrected chi connectivity index (χ1v) is 11.0. The van der Waals surface area contributed by atoms with Crippen LogP contribution in [0.2, 0.25) is 5.02 Å². The fourth-order valence-electron chi connectivity index (χ4n) is 2.77. The van der Waals surface area contributed by atoms with Crippen molar-refractivity contribution in [3.05, 3.63) is 86.8 Å². The second kappa shape index (κ2) is 11.4. The van der Waals surface area contributed by atoms with Crippen LogP contribution < -0.4 is 20.2 Å². The molecule has 0 aromatic heterocycles. The molecule has 0 saturated heterocycles. The van der Waals surface area contributed by atoms with Crippen molar-refractivity contribution in [2.45, 2.75) is 6.92 Å². The zero-order valence-corrected chi connectivity index (χ0v) is 20.4. The van der Waals surface area contributed by atoms with Gasteiger partial charge in [0.1, 0.15) is 0 Å². The van der Waals surface area contributed by atoms with Gasteiger partial charge in [0.05, 0.1) is 18.9 Å². The second-order valence-corrected chi connectivity index (χ2v) is 8.11. The SMILES string of the molecule is COc1cc(C=NNC(=O)C(=O)Nc2cccc(Cl)c2C)ccc1OC(=O)c1ccccc1Br. The van der Waals surface area contributed by atoms with Gasteiger partial charge in [-0.3, -0.25) is 9.59 Å². The summed E-state index contributed by atoms with van der Waals surface area (Å²) in [5.41, 5.74) is 4.11. The number of carbonyl (C=O) groups excluding carboxylic acids is 3. The lowest BCUT2D eigenvalue weighted by molar-refractivity contribution is -0.136. The first kappa shape index (κ1) is 24.9. The Hall–Kier alpha value is -3.69. The molecule has 0 heterocycles. The Morgan fingerprint density at radius 1 is 1.00 bits per heavy atom. The summed E-state index contributed by atoms with van der Waals surface area (Å²) in [6.45, 7) is 1.72. The summed E-state index contributed by atoms with van der Waals surface area (Å²) in [6, 6.07) is 16.6. The van der Waals surface area contributed by atoms with Gasteiger partial charge in [0.15, 0.2) is 11.5 Å². The highest BCUT2D eigenvalue weighted by Gasteiger charge is 2.16. The van der Waals surface area contributed by atoms with Crippen molar-refractivity contribution < 1.29 is 23.9 Å². The number of benzene rings is 3. The highest BCUT2D eigenvalue weighted by molar-refractivity contribution is 9.10. The van der Waals surface area contributed by atoms with Crippen LogP contribution >= 0.6 is 27.5 Å². The molecule has 0 aliphatic carbocycles. The number of halogens is 2. The van der Waals surface area contributed by atoms with Crippen LogP contribution in [-0.4, -0.2) is 31.1 Å². The molecule has 8 nitrogen and oxygen atoms in total. The van der Waals surface area contributed by atoms with Crippen LogP contribution in [0.3, 0.4) is 0 Å². The predicted molar refractivity (Wildman–Crippen MR) is 133 cm³/mol. The van der Waals surface area contributed by atoms with Gasteiger partial charge in [0, 0.05) is 15.2 Å². The number of esters is 1. The molecular weight excluding hydrogens is 526 g/mol. The number of nitrogens with one attached hydrogen (secondary N) is 2. The zero-order chi connectivity index (χ0) is 24.7. The fraction of sp³-hybridized carbons (Fsp3) is 0.0833. The van der Waals surface area contributed by atoms with Gasteiger partial charge in [0.2, 0.25) is 0 Å². The number of rotatable bonds is 6. The molecule has 0 unspecified atom stereocenters. The summed E-state index contributed by atoms with van der Waals surface area (Å²) < 4.78 is 11.3. The molecule has 174 valence electrons. The minimum absolute atomic E-state index is 0.209. The van der Waals surface area contributed by atoms with Crippen molar-refractivity contribution >= 4 is 57.2 Å². The van der Waals surface area contributed by atoms with Crippen molar-refractivity contribution in [1.82, 2.24) is 5.43 Å². The summed E-state index contributed by atoms with van der Waals surface area (Å²) >= 11 is 9.33. The number of methoxy groups -OCH3 is 1. The van der Waals surface area contributed by atoms with Gasteiger partial charge in [-0.1, -0.05) is 29.8 Å². The van der Waals surface area contributed by atoms with E-state index in [9.17, 15) is 14.4 Å². The lowest BCUT2D eigenvalue weighted by Gasteiger charge is -2.10. The molecule has 34 heavy (non-hydrogen) atoms. The molecule has 0 radical (unpaired) electrons. The third kappa shape index (κ3) is 6.21. The van der Waals surface area contributed by atoms with Gasteiger partial charge in [-0.05, 0) is 76.4 Å². The number of amides is 2. The predicted octanol–water partition coefficient (Wildman–Crippen LogP) is 4.73. The first-order chi connectivity index (χ1) is 16.3. The highest BCUT2D eigenvalue weighted by atomic mass is 79.9. The largest absolute Gasteiger partial charge is 0.493 e. The van der Waals surface area contributed by atoms with Crippen molar-refractivity contribution in [1.29, 1.82) is 0 Å². The van der Waals surface area contributed by atoms with Crippen molar-refractivity contribution in [3.8, 4) is 11.5 Å². The number of hydrogen-bond donors (Lipinski definition) is 2. The van der Waals surface area contributed by atoms with Crippen LogP contribution in [0.5, 0.6) is 11.5 Å². The molecule has 3 aromatic carbocycles. The molecule has 10 heteroatoms. The van der Waals surface area contributed by atoms with Crippen molar-refractivity contribution in [2.24, 2.45) is 5.10 Å². The lowest BCUT2D eigenvalue weighted by atomic mass is 10.2. The molecule has 3 aromatic rings. The molecule has 0 atom stereocenters. The summed E-state index contributed by atoms with van der Waals surface area (Å²) in [5.74, 6) is -1.91. The maximum absolute atomic E-state index is 12.4. The maximum Gasteiger partial charge on any atom is 0.344 e. The molecule has 0 fully saturated rings. The molecular formula is C24H19BrClN3O5. The Bertz CT molecular complexity index is 1280. The molecule has 3 rings (SSSR count). The average molecular weight is 545 g/mol. The van der Waals surface area contributed by atoms with Crippen LogP contribution in [0.15, 0.2) is 70.2 Å². The van der Waals surface area contributed by atoms with Gasteiger partial charge >= 0.3 is 17.8 Å². The van der Waals surface area contributed by atoms with E-state index in [1.165, 1.54) is 19.4 Å². The smallest absolute Gasteiger partial charge is 0.344 e. The molecule has 2 amide bonds. The Morgan fingerprint density at radius 2 is 1.76 bits per heavy atom. The van der Waals surface area contributed by atoms with Gasteiger partial charge in [0.25, 0.3) is 0 Å². The first-order valence-electron chi connectivity index (χ1n) is 9.84. The van der Waals surface area contributed by atoms with E-state index in [0.717, 1.165) is 0 Å². The van der Waals surface area contributed by atoms with Gasteiger partial charge in [-0.15, -0.1) is 0 Å². The normalized spacial score (nSPS) is 10.6. The summed E-state index contributed by atoms with van der Waals surface area (Å²) in [5, 5.41) is 6.74. The van der Waals surface area contributed by atoms with Crippen molar-refractivity contribution in [3.63, 3.8) is 0 Å². The number of nitrogens with zero attached hydrogens (tertiary/aromatic N) is 1. The van der Waals surface area contributed by atoms with E-state index in [1.807, 2.05) is 0 Å².